The Balaban J connectivity index is 1.67. The summed E-state index contributed by atoms with van der Waals surface area (Å²) in [6, 6.07) is 10.6. The molecule has 18 heavy (non-hydrogen) atoms. The van der Waals surface area contributed by atoms with Gasteiger partial charge >= 0.3 is 0 Å². The van der Waals surface area contributed by atoms with Crippen LogP contribution in [0.15, 0.2) is 42.7 Å². The molecule has 0 N–H and O–H groups in total. The van der Waals surface area contributed by atoms with Crippen LogP contribution < -0.4 is 0 Å². The predicted molar refractivity (Wildman–Crippen MR) is 76.2 cm³/mol. The van der Waals surface area contributed by atoms with Crippen LogP contribution in [0.25, 0.3) is 5.69 Å². The molecule has 0 saturated carbocycles. The number of rotatable bonds is 3. The van der Waals surface area contributed by atoms with E-state index < -0.39 is 0 Å². The van der Waals surface area contributed by atoms with Crippen LogP contribution in [-0.4, -0.2) is 39.3 Å². The average Bonchev–Trinajstić information content (AvgIpc) is 2.95. The Hall–Kier alpha value is -1.26. The minimum Gasteiger partial charge on any atom is -0.297 e. The van der Waals surface area contributed by atoms with Gasteiger partial charge in [-0.3, -0.25) is 4.90 Å². The van der Waals surface area contributed by atoms with Crippen molar-refractivity contribution in [2.75, 3.05) is 24.6 Å². The van der Waals surface area contributed by atoms with Gasteiger partial charge < -0.3 is 0 Å². The number of aromatic nitrogens is 2. The van der Waals surface area contributed by atoms with E-state index in [-0.39, 0.29) is 0 Å². The van der Waals surface area contributed by atoms with E-state index >= 15 is 0 Å². The molecule has 3 nitrogen and oxygen atoms in total. The lowest BCUT2D eigenvalue weighted by Crippen LogP contribution is -2.31. The molecule has 94 valence electrons. The van der Waals surface area contributed by atoms with Crippen molar-refractivity contribution in [3.05, 3.63) is 48.3 Å². The van der Waals surface area contributed by atoms with Crippen molar-refractivity contribution >= 4 is 11.8 Å². The highest BCUT2D eigenvalue weighted by Crippen LogP contribution is 2.14. The average molecular weight is 259 g/mol. The van der Waals surface area contributed by atoms with E-state index in [0.717, 1.165) is 12.2 Å². The van der Waals surface area contributed by atoms with Gasteiger partial charge in [0, 0.05) is 43.5 Å². The molecule has 1 aliphatic heterocycles. The maximum absolute atomic E-state index is 4.24. The third-order valence-electron chi connectivity index (χ3n) is 3.22. The minimum atomic E-state index is 1.07. The number of benzene rings is 1. The molecule has 1 saturated heterocycles. The van der Waals surface area contributed by atoms with E-state index in [9.17, 15) is 0 Å². The second kappa shape index (κ2) is 5.59. The molecule has 0 spiro atoms. The van der Waals surface area contributed by atoms with Crippen LogP contribution in [0, 0.1) is 0 Å². The van der Waals surface area contributed by atoms with E-state index in [1.54, 1.807) is 6.20 Å². The highest BCUT2D eigenvalue weighted by atomic mass is 32.2. The van der Waals surface area contributed by atoms with Gasteiger partial charge in [0.1, 0.15) is 0 Å². The first kappa shape index (κ1) is 11.8. The highest BCUT2D eigenvalue weighted by Gasteiger charge is 2.10. The van der Waals surface area contributed by atoms with Gasteiger partial charge in [0.2, 0.25) is 0 Å². The Labute approximate surface area is 112 Å². The van der Waals surface area contributed by atoms with Crippen LogP contribution in [-0.2, 0) is 6.54 Å². The first-order valence-electron chi connectivity index (χ1n) is 6.31. The zero-order valence-corrected chi connectivity index (χ0v) is 11.1. The molecule has 0 bridgehead atoms. The Morgan fingerprint density at radius 2 is 1.89 bits per heavy atom. The van der Waals surface area contributed by atoms with Crippen LogP contribution in [0.3, 0.4) is 0 Å². The molecule has 1 aromatic carbocycles. The summed E-state index contributed by atoms with van der Waals surface area (Å²) in [5, 5.41) is 4.24. The topological polar surface area (TPSA) is 21.1 Å². The summed E-state index contributed by atoms with van der Waals surface area (Å²) in [4.78, 5) is 2.53. The van der Waals surface area contributed by atoms with Crippen LogP contribution in [0.1, 0.15) is 5.56 Å². The molecular formula is C14H17N3S. The molecule has 2 heterocycles. The third-order valence-corrected chi connectivity index (χ3v) is 4.16. The SMILES string of the molecule is c1cnn(-c2ccc(CN3CCSCC3)cc2)c1. The Morgan fingerprint density at radius 3 is 2.56 bits per heavy atom. The van der Waals surface area contributed by atoms with Gasteiger partial charge in [0.05, 0.1) is 5.69 Å². The Morgan fingerprint density at radius 1 is 1.11 bits per heavy atom. The standard InChI is InChI=1S/C14H17N3S/c1-6-15-17(7-1)14-4-2-13(3-5-14)12-16-8-10-18-11-9-16/h1-7H,8-12H2. The first-order valence-corrected chi connectivity index (χ1v) is 7.46. The smallest absolute Gasteiger partial charge is 0.0645 e. The van der Waals surface area contributed by atoms with Gasteiger partial charge in [-0.15, -0.1) is 0 Å². The zero-order valence-electron chi connectivity index (χ0n) is 10.3. The zero-order chi connectivity index (χ0) is 12.2. The van der Waals surface area contributed by atoms with E-state index in [1.807, 2.05) is 16.9 Å². The summed E-state index contributed by atoms with van der Waals surface area (Å²) >= 11 is 2.06. The molecule has 0 amide bonds. The molecule has 4 heteroatoms. The predicted octanol–water partition coefficient (Wildman–Crippen LogP) is 2.42. The van der Waals surface area contributed by atoms with Gasteiger partial charge in [-0.05, 0) is 23.8 Å². The van der Waals surface area contributed by atoms with Crippen molar-refractivity contribution in [3.63, 3.8) is 0 Å². The van der Waals surface area contributed by atoms with E-state index in [4.69, 9.17) is 0 Å². The molecule has 0 unspecified atom stereocenters. The lowest BCUT2D eigenvalue weighted by atomic mass is 10.2. The van der Waals surface area contributed by atoms with Crippen molar-refractivity contribution in [3.8, 4) is 5.69 Å². The molecule has 2 aromatic rings. The first-order chi connectivity index (χ1) is 8.92. The van der Waals surface area contributed by atoms with Crippen LogP contribution in [0.5, 0.6) is 0 Å². The number of hydrogen-bond donors (Lipinski definition) is 0. The second-order valence-electron chi connectivity index (χ2n) is 4.51. The lowest BCUT2D eigenvalue weighted by molar-refractivity contribution is 0.294. The maximum atomic E-state index is 4.24. The molecule has 0 atom stereocenters. The van der Waals surface area contributed by atoms with Crippen molar-refractivity contribution in [1.82, 2.24) is 14.7 Å². The second-order valence-corrected chi connectivity index (χ2v) is 5.73. The quantitative estimate of drug-likeness (QED) is 0.844. The summed E-state index contributed by atoms with van der Waals surface area (Å²) in [7, 11) is 0. The fourth-order valence-corrected chi connectivity index (χ4v) is 3.17. The Bertz CT molecular complexity index is 472. The molecule has 1 aromatic heterocycles. The normalized spacial score (nSPS) is 16.9. The van der Waals surface area contributed by atoms with Gasteiger partial charge in [-0.1, -0.05) is 12.1 Å². The third kappa shape index (κ3) is 2.76. The van der Waals surface area contributed by atoms with E-state index in [2.05, 4.69) is 46.0 Å². The van der Waals surface area contributed by atoms with E-state index in [0.29, 0.717) is 0 Å². The lowest BCUT2D eigenvalue weighted by Gasteiger charge is -2.26. The van der Waals surface area contributed by atoms with Crippen molar-refractivity contribution < 1.29 is 0 Å². The largest absolute Gasteiger partial charge is 0.297 e. The molecule has 0 radical (unpaired) electrons. The van der Waals surface area contributed by atoms with Gasteiger partial charge in [0.25, 0.3) is 0 Å². The number of thioether (sulfide) groups is 1. The summed E-state index contributed by atoms with van der Waals surface area (Å²) in [5.41, 5.74) is 2.51. The van der Waals surface area contributed by atoms with Crippen LogP contribution in [0.2, 0.25) is 0 Å². The fourth-order valence-electron chi connectivity index (χ4n) is 2.19. The number of hydrogen-bond acceptors (Lipinski definition) is 3. The van der Waals surface area contributed by atoms with Gasteiger partial charge in [-0.25, -0.2) is 4.68 Å². The van der Waals surface area contributed by atoms with Crippen molar-refractivity contribution in [1.29, 1.82) is 0 Å². The molecule has 3 rings (SSSR count). The van der Waals surface area contributed by atoms with Crippen LogP contribution >= 0.6 is 11.8 Å². The summed E-state index contributed by atoms with van der Waals surface area (Å²) in [6.07, 6.45) is 3.77. The Kier molecular flexibility index (Phi) is 3.67. The molecule has 1 aliphatic rings. The van der Waals surface area contributed by atoms with Gasteiger partial charge in [-0.2, -0.15) is 16.9 Å². The summed E-state index contributed by atoms with van der Waals surface area (Å²) in [6.45, 7) is 3.50. The highest BCUT2D eigenvalue weighted by molar-refractivity contribution is 7.99. The monoisotopic (exact) mass is 259 g/mol. The molecule has 0 aliphatic carbocycles. The van der Waals surface area contributed by atoms with Crippen molar-refractivity contribution in [2.24, 2.45) is 0 Å². The van der Waals surface area contributed by atoms with Gasteiger partial charge in [0.15, 0.2) is 0 Å². The summed E-state index contributed by atoms with van der Waals surface area (Å²) in [5.74, 6) is 2.54. The van der Waals surface area contributed by atoms with Crippen LogP contribution in [0.4, 0.5) is 0 Å². The molecule has 1 fully saturated rings. The fraction of sp³-hybridized carbons (Fsp3) is 0.357. The minimum absolute atomic E-state index is 1.07. The maximum Gasteiger partial charge on any atom is 0.0645 e. The van der Waals surface area contributed by atoms with Crippen molar-refractivity contribution in [2.45, 2.75) is 6.54 Å². The number of nitrogens with zero attached hydrogens (tertiary/aromatic N) is 3. The van der Waals surface area contributed by atoms with E-state index in [1.165, 1.54) is 30.2 Å². The molecular weight excluding hydrogens is 242 g/mol. The summed E-state index contributed by atoms with van der Waals surface area (Å²) < 4.78 is 1.89.